The fraction of sp³-hybridized carbons (Fsp3) is 0.444. The van der Waals surface area contributed by atoms with Gasteiger partial charge in [-0.15, -0.1) is 0 Å². The number of rotatable bonds is 1. The van der Waals surface area contributed by atoms with Crippen LogP contribution in [0.4, 0.5) is 0 Å². The van der Waals surface area contributed by atoms with E-state index in [2.05, 4.69) is 15.3 Å². The summed E-state index contributed by atoms with van der Waals surface area (Å²) in [5.41, 5.74) is 0.634. The van der Waals surface area contributed by atoms with Gasteiger partial charge in [0.1, 0.15) is 0 Å². The van der Waals surface area contributed by atoms with E-state index in [1.807, 2.05) is 0 Å². The quantitative estimate of drug-likeness (QED) is 0.560. The van der Waals surface area contributed by atoms with Crippen LogP contribution in [0.15, 0.2) is 4.79 Å². The Labute approximate surface area is 85.4 Å². The molecule has 6 nitrogen and oxygen atoms in total. The Bertz CT molecular complexity index is 452. The van der Waals surface area contributed by atoms with Crippen molar-refractivity contribution in [1.29, 1.82) is 0 Å². The number of aromatic carboxylic acids is 1. The zero-order chi connectivity index (χ0) is 10.8. The number of hydrogen-bond acceptors (Lipinski definition) is 4. The van der Waals surface area contributed by atoms with Crippen LogP contribution in [0.3, 0.4) is 0 Å². The van der Waals surface area contributed by atoms with Crippen LogP contribution in [0, 0.1) is 0 Å². The number of hydrogen-bond donors (Lipinski definition) is 3. The molecule has 0 aromatic carbocycles. The number of carboxylic acid groups (broad SMARTS) is 1. The maximum absolute atomic E-state index is 11.1. The molecule has 2 rings (SSSR count). The monoisotopic (exact) mass is 209 g/mol. The number of H-pyrrole nitrogens is 1. The first kappa shape index (κ1) is 9.85. The van der Waals surface area contributed by atoms with Crippen molar-refractivity contribution in [2.75, 3.05) is 13.1 Å². The van der Waals surface area contributed by atoms with Crippen LogP contribution in [0.1, 0.15) is 21.7 Å². The molecule has 2 heterocycles. The molecular formula is C9H11N3O3. The first-order valence-electron chi connectivity index (χ1n) is 4.74. The minimum absolute atomic E-state index is 0.113. The van der Waals surface area contributed by atoms with Crippen molar-refractivity contribution in [2.45, 2.75) is 12.8 Å². The van der Waals surface area contributed by atoms with Gasteiger partial charge >= 0.3 is 11.7 Å². The van der Waals surface area contributed by atoms with Gasteiger partial charge in [-0.2, -0.15) is 4.98 Å². The van der Waals surface area contributed by atoms with Crippen LogP contribution in [0.2, 0.25) is 0 Å². The number of fused-ring (bicyclic) bond motifs is 1. The number of nitrogens with zero attached hydrogens (tertiary/aromatic N) is 1. The van der Waals surface area contributed by atoms with Gasteiger partial charge in [-0.3, -0.25) is 0 Å². The minimum atomic E-state index is -1.14. The van der Waals surface area contributed by atoms with Crippen molar-refractivity contribution in [3.63, 3.8) is 0 Å². The molecule has 0 atom stereocenters. The van der Waals surface area contributed by atoms with Crippen LogP contribution in [0.5, 0.6) is 0 Å². The Morgan fingerprint density at radius 3 is 2.80 bits per heavy atom. The number of aromatic nitrogens is 2. The molecule has 80 valence electrons. The summed E-state index contributed by atoms with van der Waals surface area (Å²) in [6, 6.07) is 0. The fourth-order valence-electron chi connectivity index (χ4n) is 1.76. The van der Waals surface area contributed by atoms with Gasteiger partial charge in [0.25, 0.3) is 0 Å². The van der Waals surface area contributed by atoms with Crippen LogP contribution in [0.25, 0.3) is 0 Å². The van der Waals surface area contributed by atoms with E-state index < -0.39 is 11.7 Å². The third-order valence-electron chi connectivity index (χ3n) is 2.43. The molecule has 0 saturated carbocycles. The lowest BCUT2D eigenvalue weighted by Gasteiger charge is -2.06. The van der Waals surface area contributed by atoms with Crippen molar-refractivity contribution in [3.8, 4) is 0 Å². The molecule has 0 saturated heterocycles. The van der Waals surface area contributed by atoms with Crippen molar-refractivity contribution in [3.05, 3.63) is 27.4 Å². The Morgan fingerprint density at radius 1 is 1.33 bits per heavy atom. The summed E-state index contributed by atoms with van der Waals surface area (Å²) < 4.78 is 0. The molecule has 15 heavy (non-hydrogen) atoms. The van der Waals surface area contributed by atoms with E-state index in [0.29, 0.717) is 30.6 Å². The highest BCUT2D eigenvalue weighted by Gasteiger charge is 2.18. The van der Waals surface area contributed by atoms with Crippen molar-refractivity contribution >= 4 is 5.97 Å². The molecular weight excluding hydrogens is 198 g/mol. The SMILES string of the molecule is O=C(O)c1nc(=O)[nH]c2c1CCNCC2. The smallest absolute Gasteiger partial charge is 0.355 e. The maximum atomic E-state index is 11.1. The molecule has 3 N–H and O–H groups in total. The first-order chi connectivity index (χ1) is 7.18. The summed E-state index contributed by atoms with van der Waals surface area (Å²) in [5, 5.41) is 12.1. The predicted molar refractivity (Wildman–Crippen MR) is 52.1 cm³/mol. The lowest BCUT2D eigenvalue weighted by atomic mass is 10.1. The Hall–Kier alpha value is -1.69. The van der Waals surface area contributed by atoms with Gasteiger partial charge in [0.2, 0.25) is 0 Å². The van der Waals surface area contributed by atoms with Gasteiger partial charge in [0, 0.05) is 24.2 Å². The third kappa shape index (κ3) is 1.89. The number of carboxylic acids is 1. The van der Waals surface area contributed by atoms with Gasteiger partial charge < -0.3 is 15.4 Å². The second-order valence-electron chi connectivity index (χ2n) is 3.40. The molecule has 1 aliphatic heterocycles. The Morgan fingerprint density at radius 2 is 2.07 bits per heavy atom. The second kappa shape index (κ2) is 3.82. The normalized spacial score (nSPS) is 15.5. The molecule has 0 radical (unpaired) electrons. The van der Waals surface area contributed by atoms with Gasteiger partial charge in [-0.1, -0.05) is 0 Å². The standard InChI is InChI=1S/C9H11N3O3/c13-8(14)7-5-1-3-10-4-2-6(5)11-9(15)12-7/h10H,1-4H2,(H,13,14)(H,11,12,15). The van der Waals surface area contributed by atoms with Gasteiger partial charge in [0.05, 0.1) is 0 Å². The summed E-state index contributed by atoms with van der Waals surface area (Å²) in [4.78, 5) is 28.1. The predicted octanol–water partition coefficient (Wildman–Crippen LogP) is -0.844. The van der Waals surface area contributed by atoms with Crippen LogP contribution in [-0.4, -0.2) is 34.1 Å². The molecule has 0 fully saturated rings. The van der Waals surface area contributed by atoms with E-state index in [1.54, 1.807) is 0 Å². The number of aromatic amines is 1. The highest BCUT2D eigenvalue weighted by atomic mass is 16.4. The minimum Gasteiger partial charge on any atom is -0.476 e. The lowest BCUT2D eigenvalue weighted by molar-refractivity contribution is 0.0688. The highest BCUT2D eigenvalue weighted by molar-refractivity contribution is 5.87. The molecule has 0 unspecified atom stereocenters. The van der Waals surface area contributed by atoms with Gasteiger partial charge in [-0.25, -0.2) is 9.59 Å². The lowest BCUT2D eigenvalue weighted by Crippen LogP contribution is -2.21. The molecule has 1 aromatic heterocycles. The van der Waals surface area contributed by atoms with Crippen molar-refractivity contribution < 1.29 is 9.90 Å². The van der Waals surface area contributed by atoms with Gasteiger partial charge in [0.15, 0.2) is 5.69 Å². The molecule has 0 aliphatic carbocycles. The summed E-state index contributed by atoms with van der Waals surface area (Å²) in [6.07, 6.45) is 1.22. The topological polar surface area (TPSA) is 95.1 Å². The molecule has 0 amide bonds. The van der Waals surface area contributed by atoms with Crippen LogP contribution >= 0.6 is 0 Å². The van der Waals surface area contributed by atoms with Crippen LogP contribution < -0.4 is 11.0 Å². The summed E-state index contributed by atoms with van der Waals surface area (Å²) in [7, 11) is 0. The Balaban J connectivity index is 2.59. The molecule has 1 aliphatic rings. The molecule has 0 bridgehead atoms. The molecule has 0 spiro atoms. The largest absolute Gasteiger partial charge is 0.476 e. The fourth-order valence-corrected chi connectivity index (χ4v) is 1.76. The van der Waals surface area contributed by atoms with Crippen molar-refractivity contribution in [2.24, 2.45) is 0 Å². The van der Waals surface area contributed by atoms with E-state index in [1.165, 1.54) is 0 Å². The first-order valence-corrected chi connectivity index (χ1v) is 4.74. The van der Waals surface area contributed by atoms with E-state index >= 15 is 0 Å². The van der Waals surface area contributed by atoms with E-state index in [0.717, 1.165) is 6.54 Å². The van der Waals surface area contributed by atoms with E-state index in [-0.39, 0.29) is 5.69 Å². The van der Waals surface area contributed by atoms with Crippen LogP contribution in [-0.2, 0) is 12.8 Å². The molecule has 6 heteroatoms. The van der Waals surface area contributed by atoms with Gasteiger partial charge in [-0.05, 0) is 13.0 Å². The average molecular weight is 209 g/mol. The van der Waals surface area contributed by atoms with E-state index in [9.17, 15) is 9.59 Å². The number of carbonyl (C=O) groups is 1. The summed E-state index contributed by atoms with van der Waals surface area (Å²) in [5.74, 6) is -1.14. The summed E-state index contributed by atoms with van der Waals surface area (Å²) >= 11 is 0. The summed E-state index contributed by atoms with van der Waals surface area (Å²) in [6.45, 7) is 1.45. The number of nitrogens with one attached hydrogen (secondary N) is 2. The zero-order valence-corrected chi connectivity index (χ0v) is 8.04. The average Bonchev–Trinajstić information content (AvgIpc) is 2.41. The zero-order valence-electron chi connectivity index (χ0n) is 8.04. The van der Waals surface area contributed by atoms with Crippen molar-refractivity contribution in [1.82, 2.24) is 15.3 Å². The third-order valence-corrected chi connectivity index (χ3v) is 2.43. The van der Waals surface area contributed by atoms with E-state index in [4.69, 9.17) is 5.11 Å². The Kier molecular flexibility index (Phi) is 2.51. The highest BCUT2D eigenvalue weighted by Crippen LogP contribution is 2.12. The second-order valence-corrected chi connectivity index (χ2v) is 3.40. The molecule has 1 aromatic rings. The maximum Gasteiger partial charge on any atom is 0.355 e.